The third-order valence-electron chi connectivity index (χ3n) is 19.2. The Kier molecular flexibility index (Phi) is 9.20. The second kappa shape index (κ2) is 15.7. The van der Waals surface area contributed by atoms with Crippen LogP contribution in [0.3, 0.4) is 0 Å². The van der Waals surface area contributed by atoms with Gasteiger partial charge in [-0.15, -0.1) is 0 Å². The van der Waals surface area contributed by atoms with Crippen LogP contribution in [0.4, 0.5) is 68.2 Å². The molecule has 386 valence electrons. The first-order valence-corrected chi connectivity index (χ1v) is 28.1. The second-order valence-corrected chi connectivity index (χ2v) is 24.7. The lowest BCUT2D eigenvalue weighted by Crippen LogP contribution is -2.32. The van der Waals surface area contributed by atoms with Crippen molar-refractivity contribution >= 4 is 89.8 Å². The largest absolute Gasteiger partial charge is 0.309 e. The van der Waals surface area contributed by atoms with E-state index in [1.165, 1.54) is 0 Å². The van der Waals surface area contributed by atoms with E-state index in [0.717, 1.165) is 113 Å². The number of hydrogen-bond donors (Lipinski definition) is 0. The van der Waals surface area contributed by atoms with Gasteiger partial charge in [-0.1, -0.05) is 201 Å². The molecule has 0 amide bonds. The third kappa shape index (κ3) is 5.72. The number of para-hydroxylation sites is 8. The minimum absolute atomic E-state index is 0.103. The average molecular weight is 1040 g/mol. The fourth-order valence-corrected chi connectivity index (χ4v) is 15.4. The molecule has 6 heteroatoms. The van der Waals surface area contributed by atoms with E-state index in [9.17, 15) is 0 Å². The molecule has 4 aliphatic heterocycles. The summed E-state index contributed by atoms with van der Waals surface area (Å²) < 4.78 is 0. The molecular formula is C74H58N4O2. The Bertz CT molecular complexity index is 3920. The van der Waals surface area contributed by atoms with Crippen LogP contribution in [-0.2, 0) is 21.7 Å². The molecule has 10 aromatic rings. The van der Waals surface area contributed by atoms with Gasteiger partial charge >= 0.3 is 0 Å². The molecule has 0 spiro atoms. The van der Waals surface area contributed by atoms with Gasteiger partial charge < -0.3 is 19.6 Å². The quantitative estimate of drug-likeness (QED) is 0.175. The second-order valence-electron chi connectivity index (χ2n) is 24.7. The highest BCUT2D eigenvalue weighted by atomic mass is 16.1. The smallest absolute Gasteiger partial charge is 0.198 e. The van der Waals surface area contributed by atoms with Crippen LogP contribution in [0.25, 0.3) is 32.7 Å². The van der Waals surface area contributed by atoms with Crippen LogP contribution in [-0.4, -0.2) is 0 Å². The molecule has 10 aromatic carbocycles. The summed E-state index contributed by atoms with van der Waals surface area (Å²) in [6.07, 6.45) is 0. The maximum Gasteiger partial charge on any atom is 0.198 e. The predicted octanol–water partition coefficient (Wildman–Crippen LogP) is 18.6. The molecule has 16 rings (SSSR count). The van der Waals surface area contributed by atoms with Gasteiger partial charge in [-0.3, -0.25) is 9.59 Å². The van der Waals surface area contributed by atoms with Crippen LogP contribution in [0, 0.1) is 0 Å². The van der Waals surface area contributed by atoms with E-state index in [1.54, 1.807) is 0 Å². The fourth-order valence-electron chi connectivity index (χ4n) is 15.4. The molecule has 0 saturated carbocycles. The molecule has 0 aromatic heterocycles. The SMILES string of the molecule is CC1(C)c2ccccc2N(c2cc(N3c4ccccc4C(C)(C)c4ccccc43)c3c4c2c(=O)c2c(N5c6ccccc6C(C)(C)c6ccccc65)cc(N5c6ccccc6C(C)(C)c6ccccc65)c(c2-4)c3=O)c2ccccc21. The van der Waals surface area contributed by atoms with Crippen LogP contribution in [0.1, 0.15) is 99.9 Å². The van der Waals surface area contributed by atoms with Crippen LogP contribution < -0.4 is 30.5 Å². The van der Waals surface area contributed by atoms with Gasteiger partial charge in [0.2, 0.25) is 0 Å². The summed E-state index contributed by atoms with van der Waals surface area (Å²) in [5, 5.41) is 2.14. The van der Waals surface area contributed by atoms with Gasteiger partial charge in [-0.25, -0.2) is 0 Å². The number of nitrogens with zero attached hydrogens (tertiary/aromatic N) is 4. The van der Waals surface area contributed by atoms with Crippen molar-refractivity contribution in [1.82, 2.24) is 0 Å². The van der Waals surface area contributed by atoms with E-state index in [1.807, 2.05) is 0 Å². The van der Waals surface area contributed by atoms with Crippen molar-refractivity contribution in [1.29, 1.82) is 0 Å². The summed E-state index contributed by atoms with van der Waals surface area (Å²) in [7, 11) is 0. The molecular weight excluding hydrogens is 977 g/mol. The van der Waals surface area contributed by atoms with Crippen LogP contribution in [0.5, 0.6) is 0 Å². The first-order valence-electron chi connectivity index (χ1n) is 28.1. The third-order valence-corrected chi connectivity index (χ3v) is 19.2. The molecule has 0 fully saturated rings. The van der Waals surface area contributed by atoms with E-state index in [-0.39, 0.29) is 32.5 Å². The maximum absolute atomic E-state index is 17.2. The van der Waals surface area contributed by atoms with Crippen molar-refractivity contribution in [2.75, 3.05) is 19.6 Å². The van der Waals surface area contributed by atoms with Crippen LogP contribution in [0.2, 0.25) is 0 Å². The summed E-state index contributed by atoms with van der Waals surface area (Å²) in [5.74, 6) is 0. The van der Waals surface area contributed by atoms with E-state index < -0.39 is 0 Å². The van der Waals surface area contributed by atoms with Crippen LogP contribution >= 0.6 is 0 Å². The zero-order valence-electron chi connectivity index (χ0n) is 46.2. The van der Waals surface area contributed by atoms with Gasteiger partial charge in [0.1, 0.15) is 0 Å². The summed E-state index contributed by atoms with van der Waals surface area (Å²) in [6, 6.07) is 73.6. The molecule has 2 aliphatic carbocycles. The molecule has 0 bridgehead atoms. The Labute approximate surface area is 466 Å². The molecule has 6 aliphatic rings. The van der Waals surface area contributed by atoms with Crippen molar-refractivity contribution in [2.45, 2.75) is 77.0 Å². The Morgan fingerprint density at radius 1 is 0.225 bits per heavy atom. The lowest BCUT2D eigenvalue weighted by atomic mass is 9.73. The monoisotopic (exact) mass is 1030 g/mol. The first-order chi connectivity index (χ1) is 38.6. The topological polar surface area (TPSA) is 47.1 Å². The zero-order valence-corrected chi connectivity index (χ0v) is 46.2. The van der Waals surface area contributed by atoms with E-state index in [2.05, 4.69) is 281 Å². The molecule has 0 unspecified atom stereocenters. The number of fused-ring (bicyclic) bond motifs is 8. The number of rotatable bonds is 4. The first kappa shape index (κ1) is 46.8. The minimum Gasteiger partial charge on any atom is -0.309 e. The molecule has 0 radical (unpaired) electrons. The highest BCUT2D eigenvalue weighted by Crippen LogP contribution is 2.63. The molecule has 0 N–H and O–H groups in total. The number of benzene rings is 10. The van der Waals surface area contributed by atoms with Gasteiger partial charge in [0.15, 0.2) is 10.9 Å². The van der Waals surface area contributed by atoms with Gasteiger partial charge in [0.05, 0.1) is 89.8 Å². The molecule has 4 heterocycles. The van der Waals surface area contributed by atoms with Crippen molar-refractivity contribution in [3.63, 3.8) is 0 Å². The number of anilines is 12. The molecule has 0 atom stereocenters. The molecule has 6 nitrogen and oxygen atoms in total. The molecule has 80 heavy (non-hydrogen) atoms. The van der Waals surface area contributed by atoms with Gasteiger partial charge in [0.25, 0.3) is 0 Å². The van der Waals surface area contributed by atoms with E-state index >= 15 is 9.59 Å². The average Bonchev–Trinajstić information content (AvgIpc) is 4.10. The van der Waals surface area contributed by atoms with Crippen LogP contribution in [0.15, 0.2) is 216 Å². The highest BCUT2D eigenvalue weighted by molar-refractivity contribution is 6.30. The number of hydrogen-bond acceptors (Lipinski definition) is 6. The lowest BCUT2D eigenvalue weighted by Gasteiger charge is -2.44. The summed E-state index contributed by atoms with van der Waals surface area (Å²) in [5.41, 5.74) is 19.9. The van der Waals surface area contributed by atoms with Gasteiger partial charge in [0, 0.05) is 32.8 Å². The Morgan fingerprint density at radius 3 is 0.537 bits per heavy atom. The van der Waals surface area contributed by atoms with Crippen molar-refractivity contribution in [3.05, 3.63) is 271 Å². The summed E-state index contributed by atoms with van der Waals surface area (Å²) in [4.78, 5) is 43.6. The predicted molar refractivity (Wildman–Crippen MR) is 331 cm³/mol. The van der Waals surface area contributed by atoms with E-state index in [4.69, 9.17) is 0 Å². The van der Waals surface area contributed by atoms with Crippen molar-refractivity contribution < 1.29 is 0 Å². The zero-order chi connectivity index (χ0) is 54.5. The van der Waals surface area contributed by atoms with E-state index in [0.29, 0.717) is 32.7 Å². The maximum atomic E-state index is 17.2. The summed E-state index contributed by atoms with van der Waals surface area (Å²) in [6.45, 7) is 18.4. The highest BCUT2D eigenvalue weighted by Gasteiger charge is 2.47. The van der Waals surface area contributed by atoms with Crippen molar-refractivity contribution in [2.24, 2.45) is 0 Å². The summed E-state index contributed by atoms with van der Waals surface area (Å²) >= 11 is 0. The fraction of sp³-hybridized carbons (Fsp3) is 0.162. The lowest BCUT2D eigenvalue weighted by molar-refractivity contribution is 0.631. The van der Waals surface area contributed by atoms with Gasteiger partial charge in [-0.05, 0) is 105 Å². The standard InChI is InChI=1S/C74H58N4O2/c1-71(2)43-25-9-17-33-51(43)75(52-34-18-10-26-44(52)71)59-41-60(76-53-35-19-11-27-45(53)72(3,4)46-28-12-20-36-54(46)76)64-67-63(59)69(79)65-61(77-55-37-21-13-29-47(55)73(5,6)48-30-14-22-38-56(48)77)42-62(66(68(65)67)70(64)80)78-57-39-23-15-31-49(57)74(7,8)50-32-16-24-40-58(50)78/h9-42H,1-8H3. The van der Waals surface area contributed by atoms with Crippen molar-refractivity contribution in [3.8, 4) is 11.1 Å². The Morgan fingerprint density at radius 2 is 0.375 bits per heavy atom. The minimum atomic E-state index is -0.365. The molecule has 0 saturated heterocycles. The van der Waals surface area contributed by atoms with Gasteiger partial charge in [-0.2, -0.15) is 0 Å². The normalized spacial score (nSPS) is 16.6. The Balaban J connectivity index is 1.13. The Hall–Kier alpha value is -9.26.